The van der Waals surface area contributed by atoms with Gasteiger partial charge in [0.25, 0.3) is 5.91 Å². The topological polar surface area (TPSA) is 78.9 Å². The van der Waals surface area contributed by atoms with E-state index in [1.165, 1.54) is 26.2 Å². The third kappa shape index (κ3) is 4.73. The zero-order chi connectivity index (χ0) is 15.9. The lowest BCUT2D eigenvalue weighted by atomic mass is 10.1. The number of piperidine rings is 1. The molecule has 120 valence electrons. The van der Waals surface area contributed by atoms with Crippen molar-refractivity contribution in [2.24, 2.45) is 0 Å². The lowest BCUT2D eigenvalue weighted by molar-refractivity contribution is -0.138. The normalized spacial score (nSPS) is 16.8. The van der Waals surface area contributed by atoms with Gasteiger partial charge < -0.3 is 15.2 Å². The molecule has 0 aromatic heterocycles. The minimum Gasteiger partial charge on any atom is -0.480 e. The molecule has 6 nitrogen and oxygen atoms in total. The van der Waals surface area contributed by atoms with Crippen LogP contribution in [0.4, 0.5) is 0 Å². The molecule has 1 aromatic carbocycles. The smallest absolute Gasteiger partial charge is 0.325 e. The first-order chi connectivity index (χ1) is 10.6. The Morgan fingerprint density at radius 2 is 2.05 bits per heavy atom. The summed E-state index contributed by atoms with van der Waals surface area (Å²) in [5, 5.41) is 11.2. The highest BCUT2D eigenvalue weighted by atomic mass is 16.5. The molecule has 1 atom stereocenters. The fraction of sp³-hybridized carbons (Fsp3) is 0.500. The van der Waals surface area contributed by atoms with E-state index in [0.717, 1.165) is 13.1 Å². The Kier molecular flexibility index (Phi) is 5.77. The lowest BCUT2D eigenvalue weighted by Crippen LogP contribution is -2.38. The Hall–Kier alpha value is -2.08. The maximum Gasteiger partial charge on any atom is 0.325 e. The number of rotatable bonds is 6. The fourth-order valence-electron chi connectivity index (χ4n) is 2.32. The molecule has 1 fully saturated rings. The third-order valence-electron chi connectivity index (χ3n) is 3.68. The molecule has 0 aliphatic carbocycles. The number of carbonyl (C=O) groups is 2. The van der Waals surface area contributed by atoms with E-state index in [1.807, 2.05) is 0 Å². The number of hydrogen-bond acceptors (Lipinski definition) is 4. The third-order valence-corrected chi connectivity index (χ3v) is 3.68. The summed E-state index contributed by atoms with van der Waals surface area (Å²) in [5.41, 5.74) is 0.393. The summed E-state index contributed by atoms with van der Waals surface area (Å²) in [6.07, 6.45) is 3.66. The van der Waals surface area contributed by atoms with Crippen LogP contribution >= 0.6 is 0 Å². The van der Waals surface area contributed by atoms with E-state index in [9.17, 15) is 9.59 Å². The number of nitrogens with one attached hydrogen (secondary N) is 1. The Balaban J connectivity index is 1.91. The average Bonchev–Trinajstić information content (AvgIpc) is 2.54. The predicted octanol–water partition coefficient (Wildman–Crippen LogP) is 1.71. The van der Waals surface area contributed by atoms with Crippen LogP contribution in [0.1, 0.15) is 36.5 Å². The maximum atomic E-state index is 12.0. The Morgan fingerprint density at radius 3 is 2.73 bits per heavy atom. The number of nitrogens with zero attached hydrogens (tertiary/aromatic N) is 1. The number of benzene rings is 1. The van der Waals surface area contributed by atoms with Crippen molar-refractivity contribution in [2.45, 2.75) is 32.2 Å². The molecule has 0 radical (unpaired) electrons. The number of carbonyl (C=O) groups excluding carboxylic acids is 1. The van der Waals surface area contributed by atoms with E-state index in [4.69, 9.17) is 9.84 Å². The molecule has 1 saturated heterocycles. The van der Waals surface area contributed by atoms with Gasteiger partial charge in [0, 0.05) is 18.7 Å². The van der Waals surface area contributed by atoms with Crippen LogP contribution < -0.4 is 10.1 Å². The number of likely N-dealkylation sites (tertiary alicyclic amines) is 1. The number of carboxylic acids is 1. The van der Waals surface area contributed by atoms with E-state index in [1.54, 1.807) is 24.3 Å². The van der Waals surface area contributed by atoms with Gasteiger partial charge in [0.15, 0.2) is 0 Å². The highest BCUT2D eigenvalue weighted by molar-refractivity contribution is 5.96. The Labute approximate surface area is 130 Å². The summed E-state index contributed by atoms with van der Waals surface area (Å²) in [5.74, 6) is -0.870. The quantitative estimate of drug-likeness (QED) is 0.836. The van der Waals surface area contributed by atoms with Crippen molar-refractivity contribution >= 4 is 11.9 Å². The van der Waals surface area contributed by atoms with E-state index in [-0.39, 0.29) is 0 Å². The summed E-state index contributed by atoms with van der Waals surface area (Å²) in [6.45, 7) is 4.01. The standard InChI is InChI=1S/C16H22N2O4/c1-12(16(20)21)17-15(19)13-6-5-7-14(10-13)22-11-18-8-3-2-4-9-18/h5-7,10,12H,2-4,8-9,11H2,1H3,(H,17,19)(H,20,21). The lowest BCUT2D eigenvalue weighted by Gasteiger charge is -2.26. The second kappa shape index (κ2) is 7.79. The minimum absolute atomic E-state index is 0.393. The maximum absolute atomic E-state index is 12.0. The molecule has 1 unspecified atom stereocenters. The van der Waals surface area contributed by atoms with Crippen molar-refractivity contribution in [3.8, 4) is 5.75 Å². The second-order valence-electron chi connectivity index (χ2n) is 5.51. The van der Waals surface area contributed by atoms with Gasteiger partial charge in [-0.2, -0.15) is 0 Å². The van der Waals surface area contributed by atoms with Gasteiger partial charge in [0.1, 0.15) is 18.5 Å². The number of ether oxygens (including phenoxy) is 1. The van der Waals surface area contributed by atoms with Crippen LogP contribution in [0.25, 0.3) is 0 Å². The minimum atomic E-state index is -1.06. The molecule has 1 amide bonds. The molecule has 1 heterocycles. The van der Waals surface area contributed by atoms with Gasteiger partial charge in [-0.3, -0.25) is 14.5 Å². The first-order valence-corrected chi connectivity index (χ1v) is 7.55. The van der Waals surface area contributed by atoms with Gasteiger partial charge in [-0.1, -0.05) is 12.5 Å². The highest BCUT2D eigenvalue weighted by Gasteiger charge is 2.16. The summed E-state index contributed by atoms with van der Waals surface area (Å²) >= 11 is 0. The summed E-state index contributed by atoms with van der Waals surface area (Å²) < 4.78 is 5.72. The molecule has 0 bridgehead atoms. The van der Waals surface area contributed by atoms with E-state index in [0.29, 0.717) is 18.0 Å². The molecule has 1 aromatic rings. The van der Waals surface area contributed by atoms with Gasteiger partial charge in [0.2, 0.25) is 0 Å². The SMILES string of the molecule is CC(NC(=O)c1cccc(OCN2CCCCC2)c1)C(=O)O. The van der Waals surface area contributed by atoms with Gasteiger partial charge >= 0.3 is 5.97 Å². The molecular weight excluding hydrogens is 284 g/mol. The van der Waals surface area contributed by atoms with Crippen LogP contribution in [-0.4, -0.2) is 47.7 Å². The monoisotopic (exact) mass is 306 g/mol. The number of carboxylic acid groups (broad SMARTS) is 1. The van der Waals surface area contributed by atoms with Crippen molar-refractivity contribution in [2.75, 3.05) is 19.8 Å². The van der Waals surface area contributed by atoms with E-state index in [2.05, 4.69) is 10.2 Å². The van der Waals surface area contributed by atoms with Crippen LogP contribution in [-0.2, 0) is 4.79 Å². The van der Waals surface area contributed by atoms with Crippen molar-refractivity contribution in [1.82, 2.24) is 10.2 Å². The zero-order valence-corrected chi connectivity index (χ0v) is 12.7. The van der Waals surface area contributed by atoms with Crippen molar-refractivity contribution in [3.63, 3.8) is 0 Å². The molecule has 1 aliphatic rings. The van der Waals surface area contributed by atoms with Gasteiger partial charge in [-0.25, -0.2) is 0 Å². The number of amides is 1. The molecule has 0 spiro atoms. The second-order valence-corrected chi connectivity index (χ2v) is 5.51. The van der Waals surface area contributed by atoms with Gasteiger partial charge in [-0.05, 0) is 38.0 Å². The van der Waals surface area contributed by atoms with Crippen LogP contribution in [0.2, 0.25) is 0 Å². The average molecular weight is 306 g/mol. The van der Waals surface area contributed by atoms with Gasteiger partial charge in [0.05, 0.1) is 0 Å². The Bertz CT molecular complexity index is 527. The van der Waals surface area contributed by atoms with Crippen LogP contribution in [0.5, 0.6) is 5.75 Å². The Morgan fingerprint density at radius 1 is 1.32 bits per heavy atom. The largest absolute Gasteiger partial charge is 0.480 e. The summed E-state index contributed by atoms with van der Waals surface area (Å²) in [6, 6.07) is 5.86. The van der Waals surface area contributed by atoms with Crippen molar-refractivity contribution in [1.29, 1.82) is 0 Å². The summed E-state index contributed by atoms with van der Waals surface area (Å²) in [7, 11) is 0. The molecule has 22 heavy (non-hydrogen) atoms. The first kappa shape index (κ1) is 16.3. The van der Waals surface area contributed by atoms with Gasteiger partial charge in [-0.15, -0.1) is 0 Å². The van der Waals surface area contributed by atoms with Crippen LogP contribution in [0, 0.1) is 0 Å². The zero-order valence-electron chi connectivity index (χ0n) is 12.7. The summed E-state index contributed by atoms with van der Waals surface area (Å²) in [4.78, 5) is 25.0. The van der Waals surface area contributed by atoms with Crippen LogP contribution in [0.15, 0.2) is 24.3 Å². The molecule has 2 N–H and O–H groups in total. The molecule has 0 saturated carbocycles. The predicted molar refractivity (Wildman–Crippen MR) is 81.9 cm³/mol. The fourth-order valence-corrected chi connectivity index (χ4v) is 2.32. The van der Waals surface area contributed by atoms with E-state index >= 15 is 0 Å². The van der Waals surface area contributed by atoms with Crippen LogP contribution in [0.3, 0.4) is 0 Å². The number of hydrogen-bond donors (Lipinski definition) is 2. The molecule has 6 heteroatoms. The van der Waals surface area contributed by atoms with Crippen molar-refractivity contribution in [3.05, 3.63) is 29.8 Å². The first-order valence-electron chi connectivity index (χ1n) is 7.55. The van der Waals surface area contributed by atoms with Crippen molar-refractivity contribution < 1.29 is 19.4 Å². The molecular formula is C16H22N2O4. The van der Waals surface area contributed by atoms with E-state index < -0.39 is 17.9 Å². The molecule has 1 aliphatic heterocycles. The highest BCUT2D eigenvalue weighted by Crippen LogP contribution is 2.15. The molecule has 2 rings (SSSR count). The number of aliphatic carboxylic acids is 1.